The van der Waals surface area contributed by atoms with Gasteiger partial charge in [-0.3, -0.25) is 14.9 Å². The summed E-state index contributed by atoms with van der Waals surface area (Å²) in [5.74, 6) is -0.759. The van der Waals surface area contributed by atoms with Gasteiger partial charge in [-0.15, -0.1) is 0 Å². The third-order valence-electron chi connectivity index (χ3n) is 5.95. The number of carbonyl (C=O) groups excluding carboxylic acids is 2. The molecule has 0 radical (unpaired) electrons. The highest BCUT2D eigenvalue weighted by atomic mass is 16.5. The Morgan fingerprint density at radius 3 is 2.81 bits per heavy atom. The standard InChI is InChI=1S/C23H32N2O6/c1-3-30-23(29)18(10-6-9-17-14-16-8-4-5-12-20(16)31-17)24-15(2)21(26)25-13-7-11-19(25)22(27)28/h4-5,8,12,15,17-19,24H,3,6-7,9-11,13-14H2,1-2H3,(H,27,28). The summed E-state index contributed by atoms with van der Waals surface area (Å²) in [6.45, 7) is 4.09. The number of esters is 1. The first-order valence-electron chi connectivity index (χ1n) is 11.1. The molecule has 4 unspecified atom stereocenters. The number of para-hydroxylation sites is 1. The van der Waals surface area contributed by atoms with Gasteiger partial charge in [0.2, 0.25) is 5.91 Å². The molecule has 2 aliphatic heterocycles. The number of carboxylic acid groups (broad SMARTS) is 1. The Bertz CT molecular complexity index is 773. The van der Waals surface area contributed by atoms with Crippen molar-refractivity contribution in [1.82, 2.24) is 10.2 Å². The average molecular weight is 433 g/mol. The number of benzene rings is 1. The van der Waals surface area contributed by atoms with Crippen molar-refractivity contribution >= 4 is 17.8 Å². The molecule has 170 valence electrons. The second-order valence-corrected chi connectivity index (χ2v) is 8.20. The van der Waals surface area contributed by atoms with Crippen LogP contribution >= 0.6 is 0 Å². The molecule has 31 heavy (non-hydrogen) atoms. The lowest BCUT2D eigenvalue weighted by molar-refractivity contribution is -0.150. The molecule has 1 amide bonds. The van der Waals surface area contributed by atoms with Crippen molar-refractivity contribution in [3.63, 3.8) is 0 Å². The lowest BCUT2D eigenvalue weighted by atomic mass is 10.0. The Morgan fingerprint density at radius 2 is 2.10 bits per heavy atom. The van der Waals surface area contributed by atoms with Crippen LogP contribution in [0.15, 0.2) is 24.3 Å². The van der Waals surface area contributed by atoms with Gasteiger partial charge >= 0.3 is 11.9 Å². The number of fused-ring (bicyclic) bond motifs is 1. The van der Waals surface area contributed by atoms with E-state index in [2.05, 4.69) is 11.4 Å². The predicted octanol–water partition coefficient (Wildman–Crippen LogP) is 2.15. The molecule has 1 fully saturated rings. The predicted molar refractivity (Wildman–Crippen MR) is 114 cm³/mol. The Kier molecular flexibility index (Phi) is 7.90. The van der Waals surface area contributed by atoms with Crippen LogP contribution in [0.1, 0.15) is 51.5 Å². The van der Waals surface area contributed by atoms with Crippen molar-refractivity contribution in [3.05, 3.63) is 29.8 Å². The number of ether oxygens (including phenoxy) is 2. The number of aliphatic carboxylic acids is 1. The summed E-state index contributed by atoms with van der Waals surface area (Å²) in [5.41, 5.74) is 1.20. The molecular weight excluding hydrogens is 400 g/mol. The van der Waals surface area contributed by atoms with Crippen LogP contribution in [-0.2, 0) is 25.5 Å². The average Bonchev–Trinajstić information content (AvgIpc) is 3.39. The monoisotopic (exact) mass is 432 g/mol. The maximum absolute atomic E-state index is 12.8. The lowest BCUT2D eigenvalue weighted by Gasteiger charge is -2.28. The smallest absolute Gasteiger partial charge is 0.326 e. The van der Waals surface area contributed by atoms with Gasteiger partial charge in [-0.1, -0.05) is 18.2 Å². The highest BCUT2D eigenvalue weighted by Gasteiger charge is 2.37. The highest BCUT2D eigenvalue weighted by molar-refractivity contribution is 5.88. The fraction of sp³-hybridized carbons (Fsp3) is 0.609. The minimum Gasteiger partial charge on any atom is -0.490 e. The second-order valence-electron chi connectivity index (χ2n) is 8.20. The number of nitrogens with one attached hydrogen (secondary N) is 1. The highest BCUT2D eigenvalue weighted by Crippen LogP contribution is 2.30. The van der Waals surface area contributed by atoms with E-state index in [0.717, 1.165) is 25.0 Å². The van der Waals surface area contributed by atoms with Crippen LogP contribution in [0.2, 0.25) is 0 Å². The van der Waals surface area contributed by atoms with Gasteiger partial charge in [0.1, 0.15) is 23.9 Å². The number of hydrogen-bond donors (Lipinski definition) is 2. The van der Waals surface area contributed by atoms with E-state index in [1.165, 1.54) is 10.5 Å². The number of rotatable bonds is 10. The lowest BCUT2D eigenvalue weighted by Crippen LogP contribution is -2.53. The maximum atomic E-state index is 12.8. The summed E-state index contributed by atoms with van der Waals surface area (Å²) >= 11 is 0. The van der Waals surface area contributed by atoms with E-state index >= 15 is 0 Å². The van der Waals surface area contributed by atoms with Crippen LogP contribution in [0.25, 0.3) is 0 Å². The van der Waals surface area contributed by atoms with Gasteiger partial charge < -0.3 is 19.5 Å². The molecule has 0 aliphatic carbocycles. The third-order valence-corrected chi connectivity index (χ3v) is 5.95. The Balaban J connectivity index is 1.53. The summed E-state index contributed by atoms with van der Waals surface area (Å²) in [6, 6.07) is 5.88. The molecule has 0 bridgehead atoms. The molecule has 0 saturated carbocycles. The van der Waals surface area contributed by atoms with Gasteiger partial charge in [0.25, 0.3) is 0 Å². The quantitative estimate of drug-likeness (QED) is 0.546. The van der Waals surface area contributed by atoms with E-state index in [-0.39, 0.29) is 18.6 Å². The van der Waals surface area contributed by atoms with Gasteiger partial charge in [0.15, 0.2) is 0 Å². The molecule has 1 aromatic carbocycles. The zero-order valence-corrected chi connectivity index (χ0v) is 18.2. The van der Waals surface area contributed by atoms with E-state index in [1.807, 2.05) is 18.2 Å². The fourth-order valence-electron chi connectivity index (χ4n) is 4.39. The number of carboxylic acids is 1. The van der Waals surface area contributed by atoms with Crippen LogP contribution in [0.5, 0.6) is 5.75 Å². The second kappa shape index (κ2) is 10.6. The molecule has 2 heterocycles. The van der Waals surface area contributed by atoms with Gasteiger partial charge in [-0.2, -0.15) is 0 Å². The van der Waals surface area contributed by atoms with Gasteiger partial charge in [0.05, 0.1) is 12.6 Å². The van der Waals surface area contributed by atoms with Crippen molar-refractivity contribution in [1.29, 1.82) is 0 Å². The summed E-state index contributed by atoms with van der Waals surface area (Å²) in [6.07, 6.45) is 4.10. The molecule has 2 aliphatic rings. The van der Waals surface area contributed by atoms with Crippen LogP contribution in [0, 0.1) is 0 Å². The zero-order chi connectivity index (χ0) is 22.4. The largest absolute Gasteiger partial charge is 0.490 e. The number of likely N-dealkylation sites (tertiary alicyclic amines) is 1. The van der Waals surface area contributed by atoms with Crippen LogP contribution in [0.3, 0.4) is 0 Å². The molecule has 3 rings (SSSR count). The van der Waals surface area contributed by atoms with Crippen LogP contribution in [0.4, 0.5) is 0 Å². The number of hydrogen-bond acceptors (Lipinski definition) is 6. The van der Waals surface area contributed by atoms with Crippen LogP contribution in [-0.4, -0.2) is 65.2 Å². The summed E-state index contributed by atoms with van der Waals surface area (Å²) in [4.78, 5) is 38.1. The Morgan fingerprint density at radius 1 is 1.32 bits per heavy atom. The molecule has 8 nitrogen and oxygen atoms in total. The number of amides is 1. The van der Waals surface area contributed by atoms with Crippen molar-refractivity contribution in [2.75, 3.05) is 13.2 Å². The number of carbonyl (C=O) groups is 3. The molecule has 1 saturated heterocycles. The van der Waals surface area contributed by atoms with Gasteiger partial charge in [0, 0.05) is 13.0 Å². The molecule has 4 atom stereocenters. The molecular formula is C23H32N2O6. The van der Waals surface area contributed by atoms with Crippen molar-refractivity contribution in [3.8, 4) is 5.75 Å². The first-order valence-corrected chi connectivity index (χ1v) is 11.1. The SMILES string of the molecule is CCOC(=O)C(CCCC1Cc2ccccc2O1)NC(C)C(=O)N1CCCC1C(=O)O. The molecule has 0 spiro atoms. The van der Waals surface area contributed by atoms with Crippen molar-refractivity contribution in [2.45, 2.75) is 76.6 Å². The van der Waals surface area contributed by atoms with Gasteiger partial charge in [-0.05, 0) is 57.6 Å². The maximum Gasteiger partial charge on any atom is 0.326 e. The van der Waals surface area contributed by atoms with E-state index in [4.69, 9.17) is 9.47 Å². The topological polar surface area (TPSA) is 105 Å². The van der Waals surface area contributed by atoms with E-state index in [1.54, 1.807) is 13.8 Å². The van der Waals surface area contributed by atoms with E-state index < -0.39 is 30.1 Å². The molecule has 1 aromatic rings. The van der Waals surface area contributed by atoms with Gasteiger partial charge in [-0.25, -0.2) is 4.79 Å². The summed E-state index contributed by atoms with van der Waals surface area (Å²) in [7, 11) is 0. The number of nitrogens with zero attached hydrogens (tertiary/aromatic N) is 1. The van der Waals surface area contributed by atoms with E-state index in [0.29, 0.717) is 25.8 Å². The van der Waals surface area contributed by atoms with E-state index in [9.17, 15) is 19.5 Å². The molecule has 0 aromatic heterocycles. The molecule has 8 heteroatoms. The first-order chi connectivity index (χ1) is 14.9. The minimum absolute atomic E-state index is 0.0835. The van der Waals surface area contributed by atoms with Crippen molar-refractivity contribution in [2.24, 2.45) is 0 Å². The first kappa shape index (κ1) is 23.1. The van der Waals surface area contributed by atoms with Crippen LogP contribution < -0.4 is 10.1 Å². The summed E-state index contributed by atoms with van der Waals surface area (Å²) < 4.78 is 11.2. The minimum atomic E-state index is -0.988. The Labute approximate surface area is 182 Å². The summed E-state index contributed by atoms with van der Waals surface area (Å²) in [5, 5.41) is 12.4. The third kappa shape index (κ3) is 5.76. The molecule has 2 N–H and O–H groups in total. The van der Waals surface area contributed by atoms with Crippen molar-refractivity contribution < 1.29 is 29.0 Å². The normalized spacial score (nSPS) is 21.8. The fourth-order valence-corrected chi connectivity index (χ4v) is 4.39. The Hall–Kier alpha value is -2.61. The zero-order valence-electron chi connectivity index (χ0n) is 18.2.